The molecule has 0 aliphatic heterocycles. The Kier molecular flexibility index (Phi) is 4.18. The van der Waals surface area contributed by atoms with Crippen molar-refractivity contribution in [3.8, 4) is 0 Å². The standard InChI is InChI=1S/C6H11IO2/c1-4(2)6(8)9-5(3)7/h4-5H,1-3H3. The second-order valence-electron chi connectivity index (χ2n) is 2.13. The molecule has 54 valence electrons. The minimum atomic E-state index is -0.128. The molecule has 0 radical (unpaired) electrons. The molecule has 1 atom stereocenters. The van der Waals surface area contributed by atoms with Crippen molar-refractivity contribution in [2.24, 2.45) is 5.92 Å². The Labute approximate surface area is 69.1 Å². The molecule has 0 aromatic carbocycles. The fourth-order valence-corrected chi connectivity index (χ4v) is 0.547. The Bertz CT molecular complexity index is 99.2. The van der Waals surface area contributed by atoms with Gasteiger partial charge in [-0.15, -0.1) is 0 Å². The first kappa shape index (κ1) is 9.20. The van der Waals surface area contributed by atoms with Crippen molar-refractivity contribution in [2.75, 3.05) is 0 Å². The van der Waals surface area contributed by atoms with Crippen LogP contribution in [0.2, 0.25) is 0 Å². The van der Waals surface area contributed by atoms with Crippen molar-refractivity contribution in [1.82, 2.24) is 0 Å². The molecule has 0 amide bonds. The molecule has 3 heteroatoms. The van der Waals surface area contributed by atoms with Gasteiger partial charge in [-0.3, -0.25) is 4.79 Å². The van der Waals surface area contributed by atoms with Gasteiger partial charge in [-0.2, -0.15) is 0 Å². The smallest absolute Gasteiger partial charge is 0.309 e. The van der Waals surface area contributed by atoms with Gasteiger partial charge in [-0.05, 0) is 29.5 Å². The topological polar surface area (TPSA) is 26.3 Å². The molecule has 0 fully saturated rings. The molecule has 0 N–H and O–H groups in total. The van der Waals surface area contributed by atoms with E-state index in [-0.39, 0.29) is 16.0 Å². The average molecular weight is 242 g/mol. The van der Waals surface area contributed by atoms with Gasteiger partial charge < -0.3 is 4.74 Å². The minimum Gasteiger partial charge on any atom is -0.452 e. The van der Waals surface area contributed by atoms with Crippen molar-refractivity contribution >= 4 is 28.6 Å². The molecular formula is C6H11IO2. The average Bonchev–Trinajstić information content (AvgIpc) is 1.63. The normalized spacial score (nSPS) is 13.4. The van der Waals surface area contributed by atoms with Gasteiger partial charge in [0.25, 0.3) is 0 Å². The van der Waals surface area contributed by atoms with Crippen LogP contribution in [-0.2, 0) is 9.53 Å². The molecule has 0 saturated heterocycles. The van der Waals surface area contributed by atoms with Gasteiger partial charge in [0.2, 0.25) is 0 Å². The molecular weight excluding hydrogens is 231 g/mol. The van der Waals surface area contributed by atoms with Gasteiger partial charge in [0.1, 0.15) is 4.11 Å². The van der Waals surface area contributed by atoms with Crippen LogP contribution in [0, 0.1) is 5.92 Å². The molecule has 2 nitrogen and oxygen atoms in total. The van der Waals surface area contributed by atoms with Gasteiger partial charge in [-0.1, -0.05) is 13.8 Å². The van der Waals surface area contributed by atoms with E-state index in [0.717, 1.165) is 0 Å². The van der Waals surface area contributed by atoms with Crippen molar-refractivity contribution < 1.29 is 9.53 Å². The lowest BCUT2D eigenvalue weighted by molar-refractivity contribution is -0.147. The van der Waals surface area contributed by atoms with E-state index in [1.165, 1.54) is 0 Å². The summed E-state index contributed by atoms with van der Waals surface area (Å²) in [5.41, 5.74) is 0. The highest BCUT2D eigenvalue weighted by Crippen LogP contribution is 2.04. The van der Waals surface area contributed by atoms with E-state index in [4.69, 9.17) is 4.74 Å². The Balaban J connectivity index is 3.51. The third-order valence-electron chi connectivity index (χ3n) is 0.750. The largest absolute Gasteiger partial charge is 0.452 e. The lowest BCUT2D eigenvalue weighted by Crippen LogP contribution is -2.14. The van der Waals surface area contributed by atoms with Crippen LogP contribution in [0.15, 0.2) is 0 Å². The lowest BCUT2D eigenvalue weighted by Gasteiger charge is -2.07. The third kappa shape index (κ3) is 4.69. The second kappa shape index (κ2) is 4.09. The first-order valence-corrected chi connectivity index (χ1v) is 4.13. The summed E-state index contributed by atoms with van der Waals surface area (Å²) in [6, 6.07) is 0. The fraction of sp³-hybridized carbons (Fsp3) is 0.833. The van der Waals surface area contributed by atoms with Gasteiger partial charge in [-0.25, -0.2) is 0 Å². The maximum atomic E-state index is 10.7. The molecule has 0 heterocycles. The predicted molar refractivity (Wildman–Crippen MR) is 44.4 cm³/mol. The summed E-state index contributed by atoms with van der Waals surface area (Å²) >= 11 is 2.05. The lowest BCUT2D eigenvalue weighted by atomic mass is 10.2. The van der Waals surface area contributed by atoms with E-state index in [2.05, 4.69) is 0 Å². The monoisotopic (exact) mass is 242 g/mol. The Morgan fingerprint density at radius 3 is 2.00 bits per heavy atom. The number of hydrogen-bond acceptors (Lipinski definition) is 2. The van der Waals surface area contributed by atoms with Gasteiger partial charge >= 0.3 is 5.97 Å². The third-order valence-corrected chi connectivity index (χ3v) is 1.00. The minimum absolute atomic E-state index is 0.0118. The van der Waals surface area contributed by atoms with E-state index >= 15 is 0 Å². The van der Waals surface area contributed by atoms with E-state index in [9.17, 15) is 4.79 Å². The van der Waals surface area contributed by atoms with Crippen LogP contribution in [0.4, 0.5) is 0 Å². The van der Waals surface area contributed by atoms with Crippen LogP contribution in [0.3, 0.4) is 0 Å². The predicted octanol–water partition coefficient (Wildman–Crippen LogP) is 1.97. The number of alkyl halides is 1. The molecule has 0 aliphatic rings. The van der Waals surface area contributed by atoms with E-state index in [1.54, 1.807) is 0 Å². The summed E-state index contributed by atoms with van der Waals surface area (Å²) in [6.45, 7) is 5.48. The molecule has 0 aromatic rings. The van der Waals surface area contributed by atoms with Crippen LogP contribution in [0.25, 0.3) is 0 Å². The van der Waals surface area contributed by atoms with Crippen LogP contribution >= 0.6 is 22.6 Å². The molecule has 0 aliphatic carbocycles. The zero-order valence-corrected chi connectivity index (χ0v) is 8.01. The van der Waals surface area contributed by atoms with E-state index in [0.29, 0.717) is 0 Å². The van der Waals surface area contributed by atoms with Crippen molar-refractivity contribution in [2.45, 2.75) is 24.9 Å². The maximum absolute atomic E-state index is 10.7. The highest BCUT2D eigenvalue weighted by atomic mass is 127. The SMILES string of the molecule is CC(I)OC(=O)C(C)C. The summed E-state index contributed by atoms with van der Waals surface area (Å²) < 4.78 is 4.84. The van der Waals surface area contributed by atoms with Gasteiger partial charge in [0.15, 0.2) is 0 Å². The number of halogens is 1. The number of rotatable bonds is 2. The van der Waals surface area contributed by atoms with E-state index in [1.807, 2.05) is 43.4 Å². The highest BCUT2D eigenvalue weighted by molar-refractivity contribution is 14.1. The summed E-state index contributed by atoms with van der Waals surface area (Å²) in [4.78, 5) is 10.7. The summed E-state index contributed by atoms with van der Waals surface area (Å²) in [5.74, 6) is -0.140. The Morgan fingerprint density at radius 1 is 1.44 bits per heavy atom. The molecule has 0 saturated carbocycles. The van der Waals surface area contributed by atoms with Crippen molar-refractivity contribution in [3.63, 3.8) is 0 Å². The molecule has 0 rings (SSSR count). The quantitative estimate of drug-likeness (QED) is 0.420. The van der Waals surface area contributed by atoms with Crippen molar-refractivity contribution in [1.29, 1.82) is 0 Å². The van der Waals surface area contributed by atoms with Gasteiger partial charge in [0.05, 0.1) is 5.92 Å². The molecule has 0 aromatic heterocycles. The molecule has 0 spiro atoms. The first-order valence-electron chi connectivity index (χ1n) is 2.88. The van der Waals surface area contributed by atoms with Gasteiger partial charge in [0, 0.05) is 0 Å². The van der Waals surface area contributed by atoms with Crippen LogP contribution < -0.4 is 0 Å². The second-order valence-corrected chi connectivity index (χ2v) is 3.89. The van der Waals surface area contributed by atoms with Crippen LogP contribution in [-0.4, -0.2) is 10.1 Å². The summed E-state index contributed by atoms with van der Waals surface area (Å²) in [6.07, 6.45) is 0. The first-order chi connectivity index (χ1) is 4.04. The summed E-state index contributed by atoms with van der Waals surface area (Å²) in [7, 11) is 0. The fourth-order valence-electron chi connectivity index (χ4n) is 0.296. The number of carbonyl (C=O) groups excluding carboxylic acids is 1. The summed E-state index contributed by atoms with van der Waals surface area (Å²) in [5, 5.41) is 0. The number of esters is 1. The number of hydrogen-bond donors (Lipinski definition) is 0. The molecule has 0 bridgehead atoms. The van der Waals surface area contributed by atoms with Crippen molar-refractivity contribution in [3.05, 3.63) is 0 Å². The zero-order valence-electron chi connectivity index (χ0n) is 5.85. The molecule has 9 heavy (non-hydrogen) atoms. The zero-order chi connectivity index (χ0) is 7.44. The molecule has 1 unspecified atom stereocenters. The number of carbonyl (C=O) groups is 1. The maximum Gasteiger partial charge on any atom is 0.309 e. The van der Waals surface area contributed by atoms with Crippen LogP contribution in [0.1, 0.15) is 20.8 Å². The Morgan fingerprint density at radius 2 is 1.89 bits per heavy atom. The highest BCUT2D eigenvalue weighted by Gasteiger charge is 2.09. The number of ether oxygens (including phenoxy) is 1. The van der Waals surface area contributed by atoms with Crippen LogP contribution in [0.5, 0.6) is 0 Å². The Hall–Kier alpha value is 0.200. The van der Waals surface area contributed by atoms with E-state index < -0.39 is 0 Å².